The fourth-order valence-corrected chi connectivity index (χ4v) is 2.69. The van der Waals surface area contributed by atoms with Crippen molar-refractivity contribution >= 4 is 17.5 Å². The first-order chi connectivity index (χ1) is 11.2. The third-order valence-corrected chi connectivity index (χ3v) is 3.97. The summed E-state index contributed by atoms with van der Waals surface area (Å²) in [5.74, 6) is -0.296. The quantitative estimate of drug-likeness (QED) is 0.509. The number of hydrogen-bond acceptors (Lipinski definition) is 5. The molecule has 0 fully saturated rings. The summed E-state index contributed by atoms with van der Waals surface area (Å²) in [6, 6.07) is 15.7. The summed E-state index contributed by atoms with van der Waals surface area (Å²) in [6.07, 6.45) is 0.537. The molecule has 2 aromatic carbocycles. The Bertz CT molecular complexity index is 805. The predicted molar refractivity (Wildman–Crippen MR) is 85.0 cm³/mol. The van der Waals surface area contributed by atoms with E-state index in [4.69, 9.17) is 4.42 Å². The van der Waals surface area contributed by atoms with E-state index in [2.05, 4.69) is 10.2 Å². The Hall–Kier alpha value is -2.47. The lowest BCUT2D eigenvalue weighted by molar-refractivity contribution is 0.101. The second-order valence-corrected chi connectivity index (χ2v) is 5.74. The number of Topliss-reactive ketones (excluding diaryl/α,β-unsaturated/α-hetero) is 1. The predicted octanol–water partition coefficient (Wildman–Crippen LogP) is 3.77. The van der Waals surface area contributed by atoms with Gasteiger partial charge in [-0.1, -0.05) is 54.2 Å². The maximum Gasteiger partial charge on any atom is 0.277 e. The molecule has 3 aromatic rings. The fourth-order valence-electron chi connectivity index (χ4n) is 2.03. The van der Waals surface area contributed by atoms with Crippen LogP contribution < -0.4 is 0 Å². The molecule has 23 heavy (non-hydrogen) atoms. The van der Waals surface area contributed by atoms with Crippen LogP contribution in [0.1, 0.15) is 21.8 Å². The molecule has 116 valence electrons. The summed E-state index contributed by atoms with van der Waals surface area (Å²) < 4.78 is 19.0. The van der Waals surface area contributed by atoms with Gasteiger partial charge in [-0.15, -0.1) is 10.2 Å². The molecule has 0 aliphatic rings. The van der Waals surface area contributed by atoms with Crippen LogP contribution >= 0.6 is 11.8 Å². The van der Waals surface area contributed by atoms with Crippen molar-refractivity contribution in [3.8, 4) is 0 Å². The third kappa shape index (κ3) is 4.04. The Labute approximate surface area is 136 Å². The minimum Gasteiger partial charge on any atom is -0.416 e. The smallest absolute Gasteiger partial charge is 0.277 e. The molecule has 0 spiro atoms. The summed E-state index contributed by atoms with van der Waals surface area (Å²) in [5.41, 5.74) is 1.14. The van der Waals surface area contributed by atoms with Gasteiger partial charge in [0, 0.05) is 0 Å². The minimum atomic E-state index is -0.520. The molecule has 0 saturated heterocycles. The van der Waals surface area contributed by atoms with E-state index in [1.54, 1.807) is 12.1 Å². The first-order valence-electron chi connectivity index (χ1n) is 6.99. The van der Waals surface area contributed by atoms with Gasteiger partial charge in [0.2, 0.25) is 5.89 Å². The Morgan fingerprint density at radius 2 is 1.78 bits per heavy atom. The van der Waals surface area contributed by atoms with Crippen LogP contribution in [0.5, 0.6) is 0 Å². The van der Waals surface area contributed by atoms with Crippen molar-refractivity contribution in [2.24, 2.45) is 0 Å². The van der Waals surface area contributed by atoms with Gasteiger partial charge in [-0.3, -0.25) is 4.79 Å². The van der Waals surface area contributed by atoms with E-state index in [0.29, 0.717) is 17.5 Å². The van der Waals surface area contributed by atoms with Gasteiger partial charge < -0.3 is 4.42 Å². The highest BCUT2D eigenvalue weighted by molar-refractivity contribution is 7.99. The molecule has 3 rings (SSSR count). The molecular weight excluding hydrogens is 315 g/mol. The maximum atomic E-state index is 13.5. The molecule has 0 aliphatic carbocycles. The van der Waals surface area contributed by atoms with Crippen LogP contribution in [0.4, 0.5) is 4.39 Å². The summed E-state index contributed by atoms with van der Waals surface area (Å²) in [5, 5.41) is 8.16. The summed E-state index contributed by atoms with van der Waals surface area (Å²) in [7, 11) is 0. The Morgan fingerprint density at radius 3 is 2.57 bits per heavy atom. The number of aromatic nitrogens is 2. The Morgan fingerprint density at radius 1 is 1.04 bits per heavy atom. The number of rotatable bonds is 6. The van der Waals surface area contributed by atoms with Crippen LogP contribution in [0.2, 0.25) is 0 Å². The normalized spacial score (nSPS) is 10.7. The zero-order chi connectivity index (χ0) is 16.1. The molecule has 0 amide bonds. The maximum absolute atomic E-state index is 13.5. The third-order valence-electron chi connectivity index (χ3n) is 3.15. The second-order valence-electron chi connectivity index (χ2n) is 4.82. The van der Waals surface area contributed by atoms with E-state index < -0.39 is 5.82 Å². The van der Waals surface area contributed by atoms with Crippen LogP contribution in [-0.4, -0.2) is 21.7 Å². The van der Waals surface area contributed by atoms with Crippen molar-refractivity contribution in [2.75, 3.05) is 5.75 Å². The number of nitrogens with zero attached hydrogens (tertiary/aromatic N) is 2. The van der Waals surface area contributed by atoms with Crippen LogP contribution in [0.25, 0.3) is 0 Å². The largest absolute Gasteiger partial charge is 0.416 e. The van der Waals surface area contributed by atoms with Gasteiger partial charge in [0.15, 0.2) is 5.78 Å². The van der Waals surface area contributed by atoms with E-state index in [1.165, 1.54) is 12.1 Å². The number of carbonyl (C=O) groups excluding carboxylic acids is 1. The molecule has 0 unspecified atom stereocenters. The van der Waals surface area contributed by atoms with Crippen molar-refractivity contribution in [3.63, 3.8) is 0 Å². The van der Waals surface area contributed by atoms with E-state index in [0.717, 1.165) is 17.3 Å². The number of thioether (sulfide) groups is 1. The minimum absolute atomic E-state index is 0.0495. The first kappa shape index (κ1) is 15.4. The van der Waals surface area contributed by atoms with Gasteiger partial charge in [0.25, 0.3) is 5.22 Å². The molecule has 0 atom stereocenters. The zero-order valence-electron chi connectivity index (χ0n) is 12.1. The van der Waals surface area contributed by atoms with Crippen molar-refractivity contribution in [2.45, 2.75) is 11.6 Å². The Balaban J connectivity index is 1.59. The standard InChI is InChI=1S/C17H13FN2O2S/c18-14-9-5-4-8-13(14)15(21)11-23-17-20-19-16(22-17)10-12-6-2-1-3-7-12/h1-9H,10-11H2. The molecule has 0 radical (unpaired) electrons. The van der Waals surface area contributed by atoms with E-state index in [-0.39, 0.29) is 17.1 Å². The van der Waals surface area contributed by atoms with E-state index in [9.17, 15) is 9.18 Å². The summed E-state index contributed by atoms with van der Waals surface area (Å²) in [6.45, 7) is 0. The SMILES string of the molecule is O=C(CSc1nnc(Cc2ccccc2)o1)c1ccccc1F. The molecule has 1 heterocycles. The van der Waals surface area contributed by atoms with Crippen LogP contribution in [0.15, 0.2) is 64.2 Å². The lowest BCUT2D eigenvalue weighted by Gasteiger charge is -2.00. The molecule has 0 bridgehead atoms. The molecule has 1 aromatic heterocycles. The van der Waals surface area contributed by atoms with Crippen molar-refractivity contribution < 1.29 is 13.6 Å². The van der Waals surface area contributed by atoms with Crippen molar-refractivity contribution in [3.05, 3.63) is 77.4 Å². The Kier molecular flexibility index (Phi) is 4.83. The highest BCUT2D eigenvalue weighted by Gasteiger charge is 2.14. The highest BCUT2D eigenvalue weighted by Crippen LogP contribution is 2.20. The topological polar surface area (TPSA) is 56.0 Å². The van der Waals surface area contributed by atoms with Gasteiger partial charge in [-0.25, -0.2) is 4.39 Å². The monoisotopic (exact) mass is 328 g/mol. The fraction of sp³-hybridized carbons (Fsp3) is 0.118. The molecule has 4 nitrogen and oxygen atoms in total. The lowest BCUT2D eigenvalue weighted by atomic mass is 10.1. The summed E-state index contributed by atoms with van der Waals surface area (Å²) in [4.78, 5) is 12.0. The number of carbonyl (C=O) groups is 1. The van der Waals surface area contributed by atoms with Gasteiger partial charge >= 0.3 is 0 Å². The number of hydrogen-bond donors (Lipinski definition) is 0. The van der Waals surface area contributed by atoms with Crippen LogP contribution in [0.3, 0.4) is 0 Å². The first-order valence-corrected chi connectivity index (χ1v) is 7.98. The molecule has 0 aliphatic heterocycles. The molecule has 0 saturated carbocycles. The van der Waals surface area contributed by atoms with Crippen molar-refractivity contribution in [1.82, 2.24) is 10.2 Å². The zero-order valence-corrected chi connectivity index (χ0v) is 12.9. The van der Waals surface area contributed by atoms with Gasteiger partial charge in [-0.2, -0.15) is 0 Å². The van der Waals surface area contributed by atoms with Gasteiger partial charge in [-0.05, 0) is 17.7 Å². The average molecular weight is 328 g/mol. The van der Waals surface area contributed by atoms with Crippen LogP contribution in [0, 0.1) is 5.82 Å². The van der Waals surface area contributed by atoms with Gasteiger partial charge in [0.05, 0.1) is 17.7 Å². The summed E-state index contributed by atoms with van der Waals surface area (Å²) >= 11 is 1.11. The van der Waals surface area contributed by atoms with Crippen molar-refractivity contribution in [1.29, 1.82) is 0 Å². The number of ketones is 1. The molecule has 6 heteroatoms. The second kappa shape index (κ2) is 7.19. The van der Waals surface area contributed by atoms with Gasteiger partial charge in [0.1, 0.15) is 5.82 Å². The number of halogens is 1. The lowest BCUT2D eigenvalue weighted by Crippen LogP contribution is -2.04. The van der Waals surface area contributed by atoms with E-state index in [1.807, 2.05) is 30.3 Å². The highest BCUT2D eigenvalue weighted by atomic mass is 32.2. The molecule has 0 N–H and O–H groups in total. The van der Waals surface area contributed by atoms with E-state index >= 15 is 0 Å². The number of benzene rings is 2. The molecular formula is C17H13FN2O2S. The average Bonchev–Trinajstić information content (AvgIpc) is 3.01. The van der Waals surface area contributed by atoms with Crippen LogP contribution in [-0.2, 0) is 6.42 Å².